The number of amides is 3. The van der Waals surface area contributed by atoms with Crippen molar-refractivity contribution in [2.45, 2.75) is 56.7 Å². The van der Waals surface area contributed by atoms with Gasteiger partial charge in [0.25, 0.3) is 0 Å². The van der Waals surface area contributed by atoms with Crippen molar-refractivity contribution in [2.75, 3.05) is 0 Å². The average Bonchev–Trinajstić information content (AvgIpc) is 3.30. The zero-order valence-corrected chi connectivity index (χ0v) is 17.7. The van der Waals surface area contributed by atoms with Crippen LogP contribution in [-0.4, -0.2) is 69.1 Å². The zero-order chi connectivity index (χ0) is 20.6. The predicted molar refractivity (Wildman–Crippen MR) is 86.4 cm³/mol. The molecule has 3 heterocycles. The minimum atomic E-state index is -0.944. The Morgan fingerprint density at radius 3 is 0.893 bits per heavy atom. The molecule has 0 bridgehead atoms. The second kappa shape index (κ2) is 12.4. The van der Waals surface area contributed by atoms with E-state index >= 15 is 0 Å². The van der Waals surface area contributed by atoms with Crippen molar-refractivity contribution >= 4 is 35.6 Å². The van der Waals surface area contributed by atoms with Crippen LogP contribution in [0.4, 0.5) is 0 Å². The molecule has 6 N–H and O–H groups in total. The van der Waals surface area contributed by atoms with Crippen molar-refractivity contribution < 1.29 is 76.8 Å². The van der Waals surface area contributed by atoms with Gasteiger partial charge in [-0.15, -0.1) is 0 Å². The SMILES string of the molecule is O=C1CC[C@@H](C(=O)O)N1.O=C1CC[C@@H](C(=O)O)N1.O=C1CC[C@@H](C(=O)O)N1.[Y]. The van der Waals surface area contributed by atoms with Gasteiger partial charge >= 0.3 is 17.9 Å². The molecule has 0 aliphatic carbocycles. The zero-order valence-electron chi connectivity index (χ0n) is 14.8. The quantitative estimate of drug-likeness (QED) is 0.268. The summed E-state index contributed by atoms with van der Waals surface area (Å²) >= 11 is 0. The molecule has 3 saturated heterocycles. The number of rotatable bonds is 3. The molecule has 1 radical (unpaired) electrons. The normalized spacial score (nSPS) is 24.9. The van der Waals surface area contributed by atoms with E-state index in [2.05, 4.69) is 16.0 Å². The number of hydrogen-bond acceptors (Lipinski definition) is 6. The van der Waals surface area contributed by atoms with Crippen LogP contribution in [0.25, 0.3) is 0 Å². The average molecular weight is 476 g/mol. The van der Waals surface area contributed by atoms with Crippen LogP contribution < -0.4 is 16.0 Å². The smallest absolute Gasteiger partial charge is 0.326 e. The van der Waals surface area contributed by atoms with Crippen LogP contribution >= 0.6 is 0 Å². The molecule has 13 heteroatoms. The molecule has 3 rings (SSSR count). The molecule has 0 spiro atoms. The number of carboxylic acid groups (broad SMARTS) is 3. The number of nitrogens with one attached hydrogen (secondary N) is 3. The topological polar surface area (TPSA) is 199 Å². The van der Waals surface area contributed by atoms with Crippen LogP contribution in [0.3, 0.4) is 0 Å². The van der Waals surface area contributed by atoms with E-state index in [0.29, 0.717) is 38.5 Å². The molecule has 12 nitrogen and oxygen atoms in total. The fourth-order valence-electron chi connectivity index (χ4n) is 2.40. The molecule has 3 fully saturated rings. The molecular weight excluding hydrogens is 455 g/mol. The Kier molecular flexibility index (Phi) is 11.5. The Morgan fingerprint density at radius 1 is 0.607 bits per heavy atom. The van der Waals surface area contributed by atoms with Gasteiger partial charge in [-0.1, -0.05) is 0 Å². The van der Waals surface area contributed by atoms with Crippen molar-refractivity contribution in [3.8, 4) is 0 Å². The maximum absolute atomic E-state index is 10.4. The predicted octanol–water partition coefficient (Wildman–Crippen LogP) is -1.95. The first-order chi connectivity index (χ1) is 12.6. The van der Waals surface area contributed by atoms with E-state index in [0.717, 1.165) is 0 Å². The van der Waals surface area contributed by atoms with Gasteiger partial charge in [0, 0.05) is 52.0 Å². The van der Waals surface area contributed by atoms with Crippen LogP contribution in [0.5, 0.6) is 0 Å². The van der Waals surface area contributed by atoms with Gasteiger partial charge in [0.15, 0.2) is 0 Å². The molecule has 0 saturated carbocycles. The summed E-state index contributed by atoms with van der Waals surface area (Å²) in [7, 11) is 0. The van der Waals surface area contributed by atoms with E-state index in [-0.39, 0.29) is 50.4 Å². The third-order valence-electron chi connectivity index (χ3n) is 3.88. The number of hydrogen-bond donors (Lipinski definition) is 6. The Bertz CT molecular complexity index is 555. The number of aliphatic carboxylic acids is 3. The molecule has 3 atom stereocenters. The Hall–Kier alpha value is -2.08. The van der Waals surface area contributed by atoms with Crippen molar-refractivity contribution in [3.63, 3.8) is 0 Å². The fourth-order valence-corrected chi connectivity index (χ4v) is 2.40. The summed E-state index contributed by atoms with van der Waals surface area (Å²) in [5.74, 6) is -3.32. The summed E-state index contributed by atoms with van der Waals surface area (Å²) in [5, 5.41) is 31.9. The third-order valence-corrected chi connectivity index (χ3v) is 3.88. The van der Waals surface area contributed by atoms with Crippen LogP contribution in [0.15, 0.2) is 0 Å². The molecular formula is C15H21N3O9Y. The van der Waals surface area contributed by atoms with Gasteiger partial charge in [-0.05, 0) is 19.3 Å². The maximum Gasteiger partial charge on any atom is 0.326 e. The maximum atomic E-state index is 10.4. The van der Waals surface area contributed by atoms with E-state index < -0.39 is 36.0 Å². The molecule has 0 aromatic carbocycles. The van der Waals surface area contributed by atoms with Crippen LogP contribution in [0.2, 0.25) is 0 Å². The minimum Gasteiger partial charge on any atom is -0.480 e. The van der Waals surface area contributed by atoms with Crippen molar-refractivity contribution in [2.24, 2.45) is 0 Å². The molecule has 0 unspecified atom stereocenters. The summed E-state index contributed by atoms with van der Waals surface area (Å²) in [6, 6.07) is -1.92. The summed E-state index contributed by atoms with van der Waals surface area (Å²) in [6.45, 7) is 0. The minimum absolute atomic E-state index is 0. The molecule has 28 heavy (non-hydrogen) atoms. The van der Waals surface area contributed by atoms with E-state index in [1.165, 1.54) is 0 Å². The number of carbonyl (C=O) groups excluding carboxylic acids is 3. The van der Waals surface area contributed by atoms with Crippen LogP contribution in [0, 0.1) is 0 Å². The van der Waals surface area contributed by atoms with Gasteiger partial charge in [-0.25, -0.2) is 14.4 Å². The standard InChI is InChI=1S/3C5H7NO3.Y/c3*7-4-2-1-3(6-4)5(8)9;/h3*3H,1-2H2,(H,6,7)(H,8,9);/t3*3-;/m000./s1. The Morgan fingerprint density at radius 2 is 0.821 bits per heavy atom. The van der Waals surface area contributed by atoms with Crippen molar-refractivity contribution in [1.82, 2.24) is 16.0 Å². The molecule has 3 amide bonds. The third kappa shape index (κ3) is 9.22. The second-order valence-electron chi connectivity index (χ2n) is 5.99. The van der Waals surface area contributed by atoms with E-state index in [1.807, 2.05) is 0 Å². The number of carboxylic acids is 3. The fraction of sp³-hybridized carbons (Fsp3) is 0.600. The van der Waals surface area contributed by atoms with Gasteiger partial charge in [-0.3, -0.25) is 14.4 Å². The van der Waals surface area contributed by atoms with E-state index in [9.17, 15) is 28.8 Å². The molecule has 3 aliphatic rings. The van der Waals surface area contributed by atoms with Crippen LogP contribution in [0.1, 0.15) is 38.5 Å². The monoisotopic (exact) mass is 476 g/mol. The molecule has 0 aromatic heterocycles. The van der Waals surface area contributed by atoms with E-state index in [4.69, 9.17) is 15.3 Å². The first-order valence-electron chi connectivity index (χ1n) is 8.16. The Labute approximate surface area is 184 Å². The van der Waals surface area contributed by atoms with Gasteiger partial charge in [-0.2, -0.15) is 0 Å². The summed E-state index contributed by atoms with van der Waals surface area (Å²) in [6.07, 6.45) is 2.31. The summed E-state index contributed by atoms with van der Waals surface area (Å²) in [4.78, 5) is 61.5. The second-order valence-corrected chi connectivity index (χ2v) is 5.99. The molecule has 3 aliphatic heterocycles. The first kappa shape index (κ1) is 25.9. The molecule has 153 valence electrons. The van der Waals surface area contributed by atoms with Crippen molar-refractivity contribution in [3.05, 3.63) is 0 Å². The number of carbonyl (C=O) groups is 6. The van der Waals surface area contributed by atoms with Gasteiger partial charge in [0.1, 0.15) is 18.1 Å². The Balaban J connectivity index is 0.000000384. The molecule has 0 aromatic rings. The van der Waals surface area contributed by atoms with E-state index in [1.54, 1.807) is 0 Å². The van der Waals surface area contributed by atoms with Crippen LogP contribution in [-0.2, 0) is 61.5 Å². The largest absolute Gasteiger partial charge is 0.480 e. The van der Waals surface area contributed by atoms with Gasteiger partial charge in [0.05, 0.1) is 0 Å². The summed E-state index contributed by atoms with van der Waals surface area (Å²) < 4.78 is 0. The summed E-state index contributed by atoms with van der Waals surface area (Å²) in [5.41, 5.74) is 0. The van der Waals surface area contributed by atoms with Crippen molar-refractivity contribution in [1.29, 1.82) is 0 Å². The van der Waals surface area contributed by atoms with Gasteiger partial charge in [0.2, 0.25) is 17.7 Å². The van der Waals surface area contributed by atoms with Gasteiger partial charge < -0.3 is 31.3 Å². The first-order valence-corrected chi connectivity index (χ1v) is 8.16.